The van der Waals surface area contributed by atoms with Gasteiger partial charge in [0.2, 0.25) is 0 Å². The van der Waals surface area contributed by atoms with Crippen LogP contribution in [0.25, 0.3) is 0 Å². The molecule has 7 nitrogen and oxygen atoms in total. The minimum Gasteiger partial charge on any atom is -0.490 e. The zero-order valence-corrected chi connectivity index (χ0v) is 17.7. The highest BCUT2D eigenvalue weighted by molar-refractivity contribution is 5.96. The number of nitrogens with one attached hydrogen (secondary N) is 2. The van der Waals surface area contributed by atoms with Crippen LogP contribution in [0.15, 0.2) is 48.5 Å². The molecule has 170 valence electrons. The van der Waals surface area contributed by atoms with Crippen LogP contribution in [0.3, 0.4) is 0 Å². The smallest absolute Gasteiger partial charge is 0.319 e. The predicted octanol–water partition coefficient (Wildman–Crippen LogP) is 4.63. The number of carbonyl (C=O) groups excluding carboxylic acids is 2. The average Bonchev–Trinajstić information content (AvgIpc) is 2.79. The first-order chi connectivity index (χ1) is 15.4. The fourth-order valence-corrected chi connectivity index (χ4v) is 3.66. The summed E-state index contributed by atoms with van der Waals surface area (Å²) >= 11 is 0. The van der Waals surface area contributed by atoms with Gasteiger partial charge in [0, 0.05) is 18.5 Å². The molecule has 1 aliphatic carbocycles. The van der Waals surface area contributed by atoms with Crippen LogP contribution in [-0.4, -0.2) is 35.5 Å². The van der Waals surface area contributed by atoms with E-state index in [1.165, 1.54) is 18.2 Å². The molecule has 2 aromatic rings. The number of rotatable bonds is 9. The van der Waals surface area contributed by atoms with Crippen molar-refractivity contribution in [1.82, 2.24) is 5.32 Å². The molecule has 1 fully saturated rings. The number of aliphatic carboxylic acids is 1. The fourth-order valence-electron chi connectivity index (χ4n) is 3.66. The van der Waals surface area contributed by atoms with Crippen molar-refractivity contribution in [3.05, 3.63) is 59.9 Å². The highest BCUT2D eigenvalue weighted by Gasteiger charge is 2.26. The first-order valence-corrected chi connectivity index (χ1v) is 10.7. The van der Waals surface area contributed by atoms with E-state index in [1.54, 1.807) is 30.3 Å². The van der Waals surface area contributed by atoms with E-state index in [-0.39, 0.29) is 36.5 Å². The van der Waals surface area contributed by atoms with Crippen LogP contribution >= 0.6 is 0 Å². The minimum atomic E-state index is -0.743. The second kappa shape index (κ2) is 11.3. The van der Waals surface area contributed by atoms with E-state index in [0.717, 1.165) is 0 Å². The van der Waals surface area contributed by atoms with Crippen molar-refractivity contribution in [3.63, 3.8) is 0 Å². The van der Waals surface area contributed by atoms with E-state index in [2.05, 4.69) is 10.6 Å². The molecule has 32 heavy (non-hydrogen) atoms. The van der Waals surface area contributed by atoms with Gasteiger partial charge in [-0.3, -0.25) is 9.59 Å². The van der Waals surface area contributed by atoms with Crippen LogP contribution in [0.4, 0.5) is 14.9 Å². The molecule has 0 unspecified atom stereocenters. The van der Waals surface area contributed by atoms with Crippen LogP contribution in [0.2, 0.25) is 0 Å². The summed E-state index contributed by atoms with van der Waals surface area (Å²) in [5.74, 6) is -0.929. The van der Waals surface area contributed by atoms with Gasteiger partial charge in [0.1, 0.15) is 11.6 Å². The molecule has 0 heterocycles. The molecule has 1 saturated carbocycles. The Hall–Kier alpha value is -3.42. The number of benzene rings is 2. The summed E-state index contributed by atoms with van der Waals surface area (Å²) in [7, 11) is 0. The van der Waals surface area contributed by atoms with Crippen molar-refractivity contribution >= 4 is 23.5 Å². The molecule has 0 spiro atoms. The number of ketones is 1. The summed E-state index contributed by atoms with van der Waals surface area (Å²) < 4.78 is 19.4. The number of ether oxygens (including phenoxy) is 1. The van der Waals surface area contributed by atoms with E-state index in [0.29, 0.717) is 43.4 Å². The summed E-state index contributed by atoms with van der Waals surface area (Å²) in [6.07, 6.45) is 3.35. The van der Waals surface area contributed by atoms with Crippen molar-refractivity contribution in [1.29, 1.82) is 0 Å². The van der Waals surface area contributed by atoms with Crippen molar-refractivity contribution in [2.45, 2.75) is 44.6 Å². The Labute approximate surface area is 186 Å². The molecule has 2 amide bonds. The molecule has 0 aliphatic heterocycles. The Morgan fingerprint density at radius 3 is 2.34 bits per heavy atom. The largest absolute Gasteiger partial charge is 0.490 e. The van der Waals surface area contributed by atoms with E-state index < -0.39 is 17.8 Å². The third kappa shape index (κ3) is 6.80. The van der Waals surface area contributed by atoms with Crippen LogP contribution in [0.1, 0.15) is 48.9 Å². The number of urea groups is 1. The number of halogens is 1. The van der Waals surface area contributed by atoms with Gasteiger partial charge in [0.05, 0.1) is 17.7 Å². The van der Waals surface area contributed by atoms with Gasteiger partial charge in [-0.2, -0.15) is 0 Å². The van der Waals surface area contributed by atoms with Crippen molar-refractivity contribution in [2.75, 3.05) is 11.9 Å². The molecular weight excluding hydrogens is 415 g/mol. The van der Waals surface area contributed by atoms with E-state index in [4.69, 9.17) is 9.84 Å². The van der Waals surface area contributed by atoms with Gasteiger partial charge < -0.3 is 20.5 Å². The molecule has 1 aliphatic rings. The Morgan fingerprint density at radius 2 is 1.69 bits per heavy atom. The maximum absolute atomic E-state index is 13.5. The third-order valence-electron chi connectivity index (χ3n) is 5.49. The van der Waals surface area contributed by atoms with Gasteiger partial charge in [-0.25, -0.2) is 9.18 Å². The summed E-state index contributed by atoms with van der Waals surface area (Å²) in [6.45, 7) is 0.284. The van der Waals surface area contributed by atoms with Gasteiger partial charge in [-0.05, 0) is 68.5 Å². The van der Waals surface area contributed by atoms with Crippen molar-refractivity contribution < 1.29 is 28.6 Å². The van der Waals surface area contributed by atoms with E-state index in [1.807, 2.05) is 0 Å². The number of hydrogen-bond acceptors (Lipinski definition) is 4. The normalized spacial score (nSPS) is 17.9. The number of Topliss-reactive ketones (excluding diaryl/α,β-unsaturated/α-hetero) is 1. The SMILES string of the molecule is O=C(NCCCC(=O)c1ccc(OC2CCC(C(=O)O)CC2)cc1)Nc1ccccc1F. The first-order valence-electron chi connectivity index (χ1n) is 10.7. The average molecular weight is 442 g/mol. The lowest BCUT2D eigenvalue weighted by Gasteiger charge is -2.26. The fraction of sp³-hybridized carbons (Fsp3) is 0.375. The Balaban J connectivity index is 1.36. The van der Waals surface area contributed by atoms with Crippen molar-refractivity contribution in [3.8, 4) is 5.75 Å². The minimum absolute atomic E-state index is 0.00580. The summed E-state index contributed by atoms with van der Waals surface area (Å²) in [6, 6.07) is 12.3. The molecule has 2 aromatic carbocycles. The molecular formula is C24H27FN2O5. The van der Waals surface area contributed by atoms with Gasteiger partial charge in [0.15, 0.2) is 5.78 Å². The van der Waals surface area contributed by atoms with E-state index in [9.17, 15) is 18.8 Å². The summed E-state index contributed by atoms with van der Waals surface area (Å²) in [5.41, 5.74) is 0.654. The van der Waals surface area contributed by atoms with Gasteiger partial charge in [0.25, 0.3) is 0 Å². The molecule has 8 heteroatoms. The molecule has 0 bridgehead atoms. The summed E-state index contributed by atoms with van der Waals surface area (Å²) in [4.78, 5) is 35.2. The van der Waals surface area contributed by atoms with Crippen LogP contribution in [0.5, 0.6) is 5.75 Å². The third-order valence-corrected chi connectivity index (χ3v) is 5.49. The molecule has 3 N–H and O–H groups in total. The number of amides is 2. The van der Waals surface area contributed by atoms with Gasteiger partial charge in [-0.15, -0.1) is 0 Å². The lowest BCUT2D eigenvalue weighted by molar-refractivity contribution is -0.143. The first kappa shape index (κ1) is 23.2. The number of hydrogen-bond donors (Lipinski definition) is 3. The second-order valence-electron chi connectivity index (χ2n) is 7.84. The Bertz CT molecular complexity index is 940. The number of anilines is 1. The lowest BCUT2D eigenvalue weighted by Crippen LogP contribution is -2.30. The van der Waals surface area contributed by atoms with E-state index >= 15 is 0 Å². The number of para-hydroxylation sites is 1. The van der Waals surface area contributed by atoms with Gasteiger partial charge >= 0.3 is 12.0 Å². The van der Waals surface area contributed by atoms with Crippen LogP contribution in [-0.2, 0) is 4.79 Å². The maximum Gasteiger partial charge on any atom is 0.319 e. The van der Waals surface area contributed by atoms with Crippen LogP contribution in [0, 0.1) is 11.7 Å². The lowest BCUT2D eigenvalue weighted by atomic mass is 9.87. The monoisotopic (exact) mass is 442 g/mol. The molecule has 0 atom stereocenters. The highest BCUT2D eigenvalue weighted by atomic mass is 19.1. The van der Waals surface area contributed by atoms with Gasteiger partial charge in [-0.1, -0.05) is 12.1 Å². The van der Waals surface area contributed by atoms with Crippen molar-refractivity contribution in [2.24, 2.45) is 5.92 Å². The number of carboxylic acid groups (broad SMARTS) is 1. The molecule has 0 radical (unpaired) electrons. The summed E-state index contributed by atoms with van der Waals surface area (Å²) in [5, 5.41) is 14.1. The quantitative estimate of drug-likeness (QED) is 0.388. The Morgan fingerprint density at radius 1 is 1.00 bits per heavy atom. The molecule has 3 rings (SSSR count). The zero-order valence-electron chi connectivity index (χ0n) is 17.7. The standard InChI is InChI=1S/C24H27FN2O5/c25-20-4-1-2-5-21(20)27-24(31)26-15-3-6-22(28)16-7-11-18(12-8-16)32-19-13-9-17(10-14-19)23(29)30/h1-2,4-5,7-8,11-12,17,19H,3,6,9-10,13-15H2,(H,29,30)(H2,26,27,31). The zero-order chi connectivity index (χ0) is 22.9. The number of carbonyl (C=O) groups is 3. The molecule has 0 aromatic heterocycles. The molecule has 0 saturated heterocycles. The van der Waals surface area contributed by atoms with Crippen LogP contribution < -0.4 is 15.4 Å². The topological polar surface area (TPSA) is 105 Å². The maximum atomic E-state index is 13.5. The predicted molar refractivity (Wildman–Crippen MR) is 117 cm³/mol. The Kier molecular flexibility index (Phi) is 8.19. The number of carboxylic acids is 1. The second-order valence-corrected chi connectivity index (χ2v) is 7.84. The highest BCUT2D eigenvalue weighted by Crippen LogP contribution is 2.28.